The predicted molar refractivity (Wildman–Crippen MR) is 71.8 cm³/mol. The third-order valence-corrected chi connectivity index (χ3v) is 4.05. The van der Waals surface area contributed by atoms with Crippen LogP contribution in [-0.4, -0.2) is 28.9 Å². The van der Waals surface area contributed by atoms with Crippen LogP contribution in [0.15, 0.2) is 0 Å². The first-order chi connectivity index (χ1) is 8.00. The fourth-order valence-corrected chi connectivity index (χ4v) is 2.59. The first kappa shape index (κ1) is 14.5. The Labute approximate surface area is 106 Å². The molecule has 3 heteroatoms. The van der Waals surface area contributed by atoms with Gasteiger partial charge in [0.1, 0.15) is 0 Å². The number of nitrogens with zero attached hydrogens (tertiary/aromatic N) is 1. The molecule has 1 rings (SSSR count). The monoisotopic (exact) mass is 240 g/mol. The maximum absolute atomic E-state index is 12.2. The van der Waals surface area contributed by atoms with Crippen molar-refractivity contribution >= 4 is 5.91 Å². The Morgan fingerprint density at radius 1 is 1.35 bits per heavy atom. The fourth-order valence-electron chi connectivity index (χ4n) is 2.59. The summed E-state index contributed by atoms with van der Waals surface area (Å²) in [7, 11) is 0. The second kappa shape index (κ2) is 6.39. The van der Waals surface area contributed by atoms with Crippen molar-refractivity contribution in [3.05, 3.63) is 0 Å². The van der Waals surface area contributed by atoms with E-state index < -0.39 is 0 Å². The van der Waals surface area contributed by atoms with Crippen LogP contribution < -0.4 is 5.73 Å². The Hall–Kier alpha value is -0.570. The molecule has 1 atom stereocenters. The van der Waals surface area contributed by atoms with Crippen molar-refractivity contribution in [2.24, 2.45) is 5.73 Å². The minimum absolute atomic E-state index is 0.121. The van der Waals surface area contributed by atoms with Gasteiger partial charge in [0.15, 0.2) is 0 Å². The molecule has 0 aliphatic carbocycles. The number of hydrogen-bond donors (Lipinski definition) is 1. The first-order valence-electron chi connectivity index (χ1n) is 7.06. The zero-order valence-corrected chi connectivity index (χ0v) is 11.7. The molecule has 0 aromatic carbocycles. The molecule has 0 bridgehead atoms. The molecule has 1 aliphatic rings. The van der Waals surface area contributed by atoms with Gasteiger partial charge in [0.25, 0.3) is 0 Å². The van der Waals surface area contributed by atoms with Gasteiger partial charge in [-0.05, 0) is 33.1 Å². The van der Waals surface area contributed by atoms with Crippen LogP contribution in [0.2, 0.25) is 0 Å². The minimum atomic E-state index is -0.167. The van der Waals surface area contributed by atoms with E-state index in [0.717, 1.165) is 25.8 Å². The van der Waals surface area contributed by atoms with Crippen LogP contribution in [0, 0.1) is 0 Å². The van der Waals surface area contributed by atoms with Gasteiger partial charge in [-0.15, -0.1) is 0 Å². The number of piperidine rings is 1. The van der Waals surface area contributed by atoms with Gasteiger partial charge in [-0.25, -0.2) is 0 Å². The SMILES string of the molecule is CCCCCCC(=O)N1CCCC(N)C1(C)C. The fraction of sp³-hybridized carbons (Fsp3) is 0.929. The quantitative estimate of drug-likeness (QED) is 0.751. The predicted octanol–water partition coefficient (Wildman–Crippen LogP) is 2.69. The topological polar surface area (TPSA) is 46.3 Å². The van der Waals surface area contributed by atoms with E-state index in [-0.39, 0.29) is 11.6 Å². The van der Waals surface area contributed by atoms with Crippen molar-refractivity contribution in [1.29, 1.82) is 0 Å². The van der Waals surface area contributed by atoms with E-state index in [0.29, 0.717) is 12.3 Å². The highest BCUT2D eigenvalue weighted by Gasteiger charge is 2.38. The van der Waals surface area contributed by atoms with E-state index >= 15 is 0 Å². The molecule has 1 heterocycles. The van der Waals surface area contributed by atoms with Crippen LogP contribution in [0.3, 0.4) is 0 Å². The lowest BCUT2D eigenvalue weighted by molar-refractivity contribution is -0.139. The van der Waals surface area contributed by atoms with Crippen molar-refractivity contribution in [2.45, 2.75) is 77.3 Å². The second-order valence-corrected chi connectivity index (χ2v) is 5.76. The zero-order chi connectivity index (χ0) is 12.9. The van der Waals surface area contributed by atoms with Crippen LogP contribution in [0.4, 0.5) is 0 Å². The normalized spacial score (nSPS) is 23.8. The Balaban J connectivity index is 2.44. The minimum Gasteiger partial charge on any atom is -0.336 e. The Morgan fingerprint density at radius 2 is 2.06 bits per heavy atom. The van der Waals surface area contributed by atoms with E-state index in [1.807, 2.05) is 4.90 Å². The molecule has 1 aliphatic heterocycles. The standard InChI is InChI=1S/C14H28N2O/c1-4-5-6-7-10-13(17)16-11-8-9-12(15)14(16,2)3/h12H,4-11,15H2,1-3H3. The van der Waals surface area contributed by atoms with Gasteiger partial charge in [-0.3, -0.25) is 4.79 Å². The number of likely N-dealkylation sites (tertiary alicyclic amines) is 1. The molecular formula is C14H28N2O. The molecule has 0 aromatic rings. The van der Waals surface area contributed by atoms with Crippen LogP contribution in [0.5, 0.6) is 0 Å². The smallest absolute Gasteiger partial charge is 0.223 e. The summed E-state index contributed by atoms with van der Waals surface area (Å²) in [5.74, 6) is 0.293. The third-order valence-electron chi connectivity index (χ3n) is 4.05. The van der Waals surface area contributed by atoms with Gasteiger partial charge in [0, 0.05) is 19.0 Å². The van der Waals surface area contributed by atoms with Crippen molar-refractivity contribution in [3.63, 3.8) is 0 Å². The number of rotatable bonds is 5. The molecule has 1 amide bonds. The van der Waals surface area contributed by atoms with Crippen LogP contribution in [0.1, 0.15) is 65.7 Å². The van der Waals surface area contributed by atoms with Gasteiger partial charge in [0.05, 0.1) is 5.54 Å². The first-order valence-corrected chi connectivity index (χ1v) is 7.06. The summed E-state index contributed by atoms with van der Waals surface area (Å²) in [6.45, 7) is 7.27. The highest BCUT2D eigenvalue weighted by molar-refractivity contribution is 5.77. The van der Waals surface area contributed by atoms with Gasteiger partial charge in [-0.2, -0.15) is 0 Å². The van der Waals surface area contributed by atoms with Crippen molar-refractivity contribution < 1.29 is 4.79 Å². The molecule has 2 N–H and O–H groups in total. The van der Waals surface area contributed by atoms with Crippen LogP contribution in [-0.2, 0) is 4.79 Å². The number of carbonyl (C=O) groups excluding carboxylic acids is 1. The maximum atomic E-state index is 12.2. The third kappa shape index (κ3) is 3.70. The molecule has 1 fully saturated rings. The van der Waals surface area contributed by atoms with E-state index in [2.05, 4.69) is 20.8 Å². The Morgan fingerprint density at radius 3 is 2.71 bits per heavy atom. The molecule has 0 radical (unpaired) electrons. The summed E-state index contributed by atoms with van der Waals surface area (Å²) < 4.78 is 0. The van der Waals surface area contributed by atoms with E-state index in [4.69, 9.17) is 5.73 Å². The summed E-state index contributed by atoms with van der Waals surface area (Å²) in [6.07, 6.45) is 7.41. The average molecular weight is 240 g/mol. The molecule has 3 nitrogen and oxygen atoms in total. The molecule has 1 unspecified atom stereocenters. The summed E-state index contributed by atoms with van der Waals surface area (Å²) >= 11 is 0. The van der Waals surface area contributed by atoms with Gasteiger partial charge < -0.3 is 10.6 Å². The highest BCUT2D eigenvalue weighted by Crippen LogP contribution is 2.27. The number of amides is 1. The molecule has 0 aromatic heterocycles. The molecule has 0 saturated carbocycles. The van der Waals surface area contributed by atoms with Crippen LogP contribution >= 0.6 is 0 Å². The summed E-state index contributed by atoms with van der Waals surface area (Å²) in [5.41, 5.74) is 5.96. The average Bonchev–Trinajstić information content (AvgIpc) is 2.28. The van der Waals surface area contributed by atoms with Gasteiger partial charge in [-0.1, -0.05) is 26.2 Å². The summed E-state index contributed by atoms with van der Waals surface area (Å²) in [5, 5.41) is 0. The molecule has 1 saturated heterocycles. The number of nitrogens with two attached hydrogens (primary N) is 1. The Bertz CT molecular complexity index is 251. The number of hydrogen-bond acceptors (Lipinski definition) is 2. The maximum Gasteiger partial charge on any atom is 0.223 e. The Kier molecular flexibility index (Phi) is 5.44. The van der Waals surface area contributed by atoms with E-state index in [1.54, 1.807) is 0 Å². The van der Waals surface area contributed by atoms with Crippen molar-refractivity contribution in [1.82, 2.24) is 4.90 Å². The number of unbranched alkanes of at least 4 members (excludes halogenated alkanes) is 3. The number of carbonyl (C=O) groups is 1. The van der Waals surface area contributed by atoms with Gasteiger partial charge in [0.2, 0.25) is 5.91 Å². The lowest BCUT2D eigenvalue weighted by Crippen LogP contribution is -2.61. The molecule has 100 valence electrons. The van der Waals surface area contributed by atoms with E-state index in [9.17, 15) is 4.79 Å². The highest BCUT2D eigenvalue weighted by atomic mass is 16.2. The van der Waals surface area contributed by atoms with E-state index in [1.165, 1.54) is 19.3 Å². The lowest BCUT2D eigenvalue weighted by atomic mass is 9.85. The van der Waals surface area contributed by atoms with Crippen molar-refractivity contribution in [3.8, 4) is 0 Å². The molecule has 0 spiro atoms. The van der Waals surface area contributed by atoms with Gasteiger partial charge >= 0.3 is 0 Å². The lowest BCUT2D eigenvalue weighted by Gasteiger charge is -2.46. The second-order valence-electron chi connectivity index (χ2n) is 5.76. The van der Waals surface area contributed by atoms with Crippen molar-refractivity contribution in [2.75, 3.05) is 6.54 Å². The largest absolute Gasteiger partial charge is 0.336 e. The van der Waals surface area contributed by atoms with Crippen LogP contribution in [0.25, 0.3) is 0 Å². The zero-order valence-electron chi connectivity index (χ0n) is 11.7. The molecule has 17 heavy (non-hydrogen) atoms. The summed E-state index contributed by atoms with van der Waals surface area (Å²) in [4.78, 5) is 14.2. The summed E-state index contributed by atoms with van der Waals surface area (Å²) in [6, 6.07) is 0.121. The molecular weight excluding hydrogens is 212 g/mol.